The summed E-state index contributed by atoms with van der Waals surface area (Å²) in [6.07, 6.45) is -0.659. The van der Waals surface area contributed by atoms with Gasteiger partial charge in [-0.25, -0.2) is 0 Å². The maximum Gasteiger partial charge on any atom is 0.194 e. The highest BCUT2D eigenvalue weighted by Gasteiger charge is 2.53. The van der Waals surface area contributed by atoms with Crippen molar-refractivity contribution < 1.29 is 28.9 Å². The Bertz CT molecular complexity index is 1050. The molecule has 3 aromatic rings. The Morgan fingerprint density at radius 1 is 1.24 bits per heavy atom. The zero-order valence-corrected chi connectivity index (χ0v) is 13.3. The number of hydrogen-bond donors (Lipinski definition) is 2. The van der Waals surface area contributed by atoms with Gasteiger partial charge >= 0.3 is 0 Å². The second-order valence-electron chi connectivity index (χ2n) is 6.45. The molecule has 2 atom stereocenters. The van der Waals surface area contributed by atoms with Gasteiger partial charge in [-0.2, -0.15) is 0 Å². The molecule has 6 nitrogen and oxygen atoms in total. The van der Waals surface area contributed by atoms with Crippen LogP contribution in [-0.2, 0) is 5.60 Å². The molecule has 0 fully saturated rings. The monoisotopic (exact) mass is 338 g/mol. The molecular weight excluding hydrogens is 324 g/mol. The number of ether oxygens (including phenoxy) is 2. The van der Waals surface area contributed by atoms with E-state index in [1.807, 2.05) is 0 Å². The predicted molar refractivity (Wildman–Crippen MR) is 87.1 cm³/mol. The van der Waals surface area contributed by atoms with Gasteiger partial charge in [0.15, 0.2) is 23.2 Å². The number of ketones is 1. The fourth-order valence-electron chi connectivity index (χ4n) is 3.61. The van der Waals surface area contributed by atoms with Crippen LogP contribution in [0.4, 0.5) is 0 Å². The fraction of sp³-hybridized carbons (Fsp3) is 0.211. The Morgan fingerprint density at radius 3 is 2.88 bits per heavy atom. The summed E-state index contributed by atoms with van der Waals surface area (Å²) in [6.45, 7) is 1.44. The number of aliphatic hydroxyl groups is 1. The summed E-state index contributed by atoms with van der Waals surface area (Å²) < 4.78 is 17.3. The smallest absolute Gasteiger partial charge is 0.194 e. The van der Waals surface area contributed by atoms with E-state index in [0.717, 1.165) is 0 Å². The molecule has 0 saturated heterocycles. The quantitative estimate of drug-likeness (QED) is 0.663. The van der Waals surface area contributed by atoms with Crippen LogP contribution in [0.2, 0.25) is 0 Å². The maximum absolute atomic E-state index is 11.6. The molecular formula is C19H14O6. The van der Waals surface area contributed by atoms with Gasteiger partial charge in [-0.15, -0.1) is 0 Å². The summed E-state index contributed by atoms with van der Waals surface area (Å²) in [5, 5.41) is 21.5. The molecule has 0 bridgehead atoms. The minimum Gasteiger partial charge on any atom is -0.508 e. The average molecular weight is 338 g/mol. The largest absolute Gasteiger partial charge is 0.508 e. The first-order valence-corrected chi connectivity index (χ1v) is 7.90. The molecule has 0 spiro atoms. The number of benzene rings is 2. The van der Waals surface area contributed by atoms with Crippen LogP contribution in [0.15, 0.2) is 40.8 Å². The lowest BCUT2D eigenvalue weighted by atomic mass is 9.84. The maximum atomic E-state index is 11.6. The number of phenolic OH excluding ortho intramolecular Hbond substituents is 1. The van der Waals surface area contributed by atoms with E-state index >= 15 is 0 Å². The van der Waals surface area contributed by atoms with Gasteiger partial charge in [0, 0.05) is 24.1 Å². The molecule has 2 aliphatic rings. The Hall–Kier alpha value is -2.99. The van der Waals surface area contributed by atoms with Crippen LogP contribution >= 0.6 is 0 Å². The molecule has 25 heavy (non-hydrogen) atoms. The zero-order valence-electron chi connectivity index (χ0n) is 13.3. The molecule has 2 aromatic carbocycles. The van der Waals surface area contributed by atoms with E-state index in [1.165, 1.54) is 19.1 Å². The topological polar surface area (TPSA) is 89.1 Å². The summed E-state index contributed by atoms with van der Waals surface area (Å²) in [4.78, 5) is 11.6. The van der Waals surface area contributed by atoms with Gasteiger partial charge in [-0.1, -0.05) is 0 Å². The fourth-order valence-corrected chi connectivity index (χ4v) is 3.61. The molecule has 2 aliphatic heterocycles. The summed E-state index contributed by atoms with van der Waals surface area (Å²) in [7, 11) is 0. The van der Waals surface area contributed by atoms with Crippen molar-refractivity contribution in [3.8, 4) is 17.2 Å². The number of rotatable bonds is 1. The van der Waals surface area contributed by atoms with Crippen molar-refractivity contribution in [2.45, 2.75) is 18.6 Å². The Balaban J connectivity index is 1.71. The third kappa shape index (κ3) is 1.80. The summed E-state index contributed by atoms with van der Waals surface area (Å²) in [5.41, 5.74) is 0.435. The lowest BCUT2D eigenvalue weighted by Gasteiger charge is -2.34. The normalized spacial score (nSPS) is 23.4. The van der Waals surface area contributed by atoms with Crippen molar-refractivity contribution in [3.05, 3.63) is 53.3 Å². The third-order valence-electron chi connectivity index (χ3n) is 4.86. The number of fused-ring (bicyclic) bond motifs is 7. The van der Waals surface area contributed by atoms with Crippen LogP contribution in [0.5, 0.6) is 17.2 Å². The first kappa shape index (κ1) is 14.4. The molecule has 0 radical (unpaired) electrons. The average Bonchev–Trinajstić information content (AvgIpc) is 3.14. The Morgan fingerprint density at radius 2 is 2.08 bits per heavy atom. The van der Waals surface area contributed by atoms with Crippen LogP contribution < -0.4 is 9.47 Å². The molecule has 0 saturated carbocycles. The van der Waals surface area contributed by atoms with E-state index in [4.69, 9.17) is 13.9 Å². The lowest BCUT2D eigenvalue weighted by Crippen LogP contribution is -2.41. The van der Waals surface area contributed by atoms with Crippen LogP contribution in [0.3, 0.4) is 0 Å². The minimum absolute atomic E-state index is 0.00401. The second-order valence-corrected chi connectivity index (χ2v) is 6.45. The van der Waals surface area contributed by atoms with Crippen molar-refractivity contribution in [1.29, 1.82) is 0 Å². The van der Waals surface area contributed by atoms with Gasteiger partial charge in [0.2, 0.25) is 0 Å². The summed E-state index contributed by atoms with van der Waals surface area (Å²) in [6, 6.07) is 9.80. The van der Waals surface area contributed by atoms with E-state index in [9.17, 15) is 15.0 Å². The van der Waals surface area contributed by atoms with E-state index in [2.05, 4.69) is 0 Å². The number of aromatic hydroxyl groups is 1. The zero-order chi connectivity index (χ0) is 17.3. The number of furan rings is 1. The van der Waals surface area contributed by atoms with Crippen molar-refractivity contribution in [2.24, 2.45) is 0 Å². The summed E-state index contributed by atoms with van der Waals surface area (Å²) in [5.74, 6) is 1.13. The Labute approximate surface area is 142 Å². The molecule has 2 unspecified atom stereocenters. The first-order valence-electron chi connectivity index (χ1n) is 7.90. The van der Waals surface area contributed by atoms with Gasteiger partial charge in [-0.05, 0) is 30.3 Å². The molecule has 0 amide bonds. The second kappa shape index (κ2) is 4.55. The van der Waals surface area contributed by atoms with Crippen molar-refractivity contribution in [3.63, 3.8) is 0 Å². The Kier molecular flexibility index (Phi) is 2.61. The van der Waals surface area contributed by atoms with Crippen molar-refractivity contribution in [2.75, 3.05) is 6.61 Å². The minimum atomic E-state index is -1.35. The van der Waals surface area contributed by atoms with E-state index in [0.29, 0.717) is 33.6 Å². The van der Waals surface area contributed by atoms with Gasteiger partial charge in [0.1, 0.15) is 29.4 Å². The highest BCUT2D eigenvalue weighted by atomic mass is 16.5. The van der Waals surface area contributed by atoms with E-state index in [-0.39, 0.29) is 23.9 Å². The van der Waals surface area contributed by atoms with Crippen LogP contribution in [0, 0.1) is 0 Å². The highest BCUT2D eigenvalue weighted by Crippen LogP contribution is 2.55. The molecule has 6 heteroatoms. The van der Waals surface area contributed by atoms with E-state index < -0.39 is 11.7 Å². The molecule has 3 heterocycles. The predicted octanol–water partition coefficient (Wildman–Crippen LogP) is 3.05. The number of hydrogen-bond acceptors (Lipinski definition) is 6. The van der Waals surface area contributed by atoms with E-state index in [1.54, 1.807) is 24.3 Å². The number of carbonyl (C=O) groups is 1. The number of Topliss-reactive ketones (excluding diaryl/α,β-unsaturated/α-hetero) is 1. The van der Waals surface area contributed by atoms with Gasteiger partial charge < -0.3 is 24.1 Å². The number of carbonyl (C=O) groups excluding carboxylic acids is 1. The third-order valence-corrected chi connectivity index (χ3v) is 4.86. The molecule has 0 aliphatic carbocycles. The van der Waals surface area contributed by atoms with Crippen LogP contribution in [0.25, 0.3) is 11.0 Å². The first-order chi connectivity index (χ1) is 12.0. The SMILES string of the molecule is CC(=O)c1cc2c3c(ccc2o1)C1(O)COc2cc(O)ccc2C1O3. The summed E-state index contributed by atoms with van der Waals surface area (Å²) >= 11 is 0. The highest BCUT2D eigenvalue weighted by molar-refractivity contribution is 5.98. The lowest BCUT2D eigenvalue weighted by molar-refractivity contribution is -0.0862. The van der Waals surface area contributed by atoms with Crippen molar-refractivity contribution >= 4 is 16.8 Å². The molecule has 5 rings (SSSR count). The number of phenols is 1. The van der Waals surface area contributed by atoms with Crippen molar-refractivity contribution in [1.82, 2.24) is 0 Å². The van der Waals surface area contributed by atoms with Gasteiger partial charge in [0.25, 0.3) is 0 Å². The van der Waals surface area contributed by atoms with Gasteiger partial charge in [0.05, 0.1) is 5.39 Å². The van der Waals surface area contributed by atoms with Crippen LogP contribution in [-0.4, -0.2) is 22.6 Å². The van der Waals surface area contributed by atoms with Crippen LogP contribution in [0.1, 0.15) is 34.7 Å². The molecule has 1 aromatic heterocycles. The standard InChI is InChI=1S/C19H14O6/c1-9(20)15-7-12-14(24-15)5-4-13-17(12)25-18-11-3-2-10(21)6-16(11)23-8-19(13,18)22/h2-7,18,21-22H,8H2,1H3. The molecule has 2 N–H and O–H groups in total. The van der Waals surface area contributed by atoms with Gasteiger partial charge in [-0.3, -0.25) is 4.79 Å². The molecule has 126 valence electrons.